The second-order valence-electron chi connectivity index (χ2n) is 7.99. The highest BCUT2D eigenvalue weighted by Gasteiger charge is 2.39. The minimum absolute atomic E-state index is 0.0749. The van der Waals surface area contributed by atoms with Gasteiger partial charge in [-0.3, -0.25) is 0 Å². The van der Waals surface area contributed by atoms with Crippen molar-refractivity contribution in [3.05, 3.63) is 12.2 Å². The molecule has 1 saturated heterocycles. The van der Waals surface area contributed by atoms with E-state index < -0.39 is 12.0 Å². The fraction of sp³-hybridized carbons (Fsp3) is 0.905. The largest absolute Gasteiger partial charge is 0.393 e. The number of rotatable bonds is 11. The number of aliphatic hydroxyl groups is 2. The average molecular weight is 391 g/mol. The molecule has 1 saturated carbocycles. The van der Waals surface area contributed by atoms with Gasteiger partial charge in [-0.05, 0) is 56.8 Å². The van der Waals surface area contributed by atoms with Crippen LogP contribution in [0.15, 0.2) is 12.2 Å². The molecule has 6 heteroatoms. The third-order valence-electron chi connectivity index (χ3n) is 5.89. The molecule has 4 nitrogen and oxygen atoms in total. The van der Waals surface area contributed by atoms with Crippen LogP contribution in [0.1, 0.15) is 71.1 Å². The molecular weight excluding hydrogens is 354 g/mol. The van der Waals surface area contributed by atoms with Crippen molar-refractivity contribution in [1.29, 1.82) is 0 Å². The van der Waals surface area contributed by atoms with Crippen molar-refractivity contribution in [2.75, 3.05) is 13.2 Å². The number of halogens is 2. The number of aliphatic hydroxyl groups excluding tert-OH is 2. The highest BCUT2D eigenvalue weighted by atomic mass is 19.3. The normalized spacial score (nSPS) is 28.9. The first-order valence-electron chi connectivity index (χ1n) is 10.6. The molecule has 0 bridgehead atoms. The predicted octanol–water partition coefficient (Wildman–Crippen LogP) is 4.44. The zero-order valence-electron chi connectivity index (χ0n) is 16.5. The van der Waals surface area contributed by atoms with E-state index in [-0.39, 0.29) is 37.1 Å². The maximum atomic E-state index is 13.9. The van der Waals surface area contributed by atoms with Crippen LogP contribution in [-0.4, -0.2) is 47.8 Å². The second kappa shape index (κ2) is 11.4. The Morgan fingerprint density at radius 1 is 1.15 bits per heavy atom. The summed E-state index contributed by atoms with van der Waals surface area (Å²) in [6.45, 7) is 3.33. The van der Waals surface area contributed by atoms with Gasteiger partial charge in [0.2, 0.25) is 0 Å². The van der Waals surface area contributed by atoms with E-state index in [1.165, 1.54) is 0 Å². The Kier molecular flexibility index (Phi) is 9.63. The van der Waals surface area contributed by atoms with Gasteiger partial charge >= 0.3 is 0 Å². The van der Waals surface area contributed by atoms with Gasteiger partial charge in [0, 0.05) is 12.8 Å². The number of alkyl halides is 2. The Morgan fingerprint density at radius 2 is 1.85 bits per heavy atom. The summed E-state index contributed by atoms with van der Waals surface area (Å²) in [5.74, 6) is -2.75. The lowest BCUT2D eigenvalue weighted by molar-refractivity contribution is -0.175. The topological polar surface area (TPSA) is 58.9 Å². The zero-order valence-corrected chi connectivity index (χ0v) is 16.5. The first kappa shape index (κ1) is 22.7. The van der Waals surface area contributed by atoms with Crippen molar-refractivity contribution in [2.45, 2.75) is 95.6 Å². The van der Waals surface area contributed by atoms with E-state index in [4.69, 9.17) is 9.47 Å². The minimum Gasteiger partial charge on any atom is -0.393 e. The number of allylic oxidation sites excluding steroid dienone is 1. The molecule has 27 heavy (non-hydrogen) atoms. The van der Waals surface area contributed by atoms with Gasteiger partial charge in [-0.1, -0.05) is 25.5 Å². The van der Waals surface area contributed by atoms with E-state index in [2.05, 4.69) is 0 Å². The molecule has 1 aliphatic carbocycles. The van der Waals surface area contributed by atoms with Gasteiger partial charge in [-0.25, -0.2) is 8.78 Å². The smallest absolute Gasteiger partial charge is 0.273 e. The molecule has 0 spiro atoms. The van der Waals surface area contributed by atoms with E-state index in [1.54, 1.807) is 0 Å². The predicted molar refractivity (Wildman–Crippen MR) is 101 cm³/mol. The van der Waals surface area contributed by atoms with Crippen molar-refractivity contribution in [3.63, 3.8) is 0 Å². The van der Waals surface area contributed by atoms with Crippen LogP contribution in [0.3, 0.4) is 0 Å². The van der Waals surface area contributed by atoms with Crippen molar-refractivity contribution in [2.24, 2.45) is 11.8 Å². The van der Waals surface area contributed by atoms with Crippen LogP contribution in [-0.2, 0) is 9.47 Å². The summed E-state index contributed by atoms with van der Waals surface area (Å²) >= 11 is 0. The lowest BCUT2D eigenvalue weighted by Crippen LogP contribution is -2.34. The fourth-order valence-electron chi connectivity index (χ4n) is 4.13. The third-order valence-corrected chi connectivity index (χ3v) is 5.89. The van der Waals surface area contributed by atoms with Crippen molar-refractivity contribution in [1.82, 2.24) is 0 Å². The van der Waals surface area contributed by atoms with Gasteiger partial charge in [0.25, 0.3) is 5.92 Å². The summed E-state index contributed by atoms with van der Waals surface area (Å²) in [6, 6.07) is 0. The molecule has 0 amide bonds. The Bertz CT molecular complexity index is 438. The van der Waals surface area contributed by atoms with E-state index in [0.717, 1.165) is 32.5 Å². The summed E-state index contributed by atoms with van der Waals surface area (Å²) in [4.78, 5) is 0. The van der Waals surface area contributed by atoms with E-state index >= 15 is 0 Å². The minimum atomic E-state index is -3.01. The Balaban J connectivity index is 1.74. The molecule has 0 radical (unpaired) electrons. The van der Waals surface area contributed by atoms with Crippen molar-refractivity contribution in [3.8, 4) is 0 Å². The standard InChI is InChI=1S/C21H36F2O4/c1-2-3-13-21(22,23)19(25)12-10-16-9-11-18(24)17(16)7-4-5-8-20-26-14-6-15-27-20/h4-5,16-20,24-25H,2-3,6-15H2,1H3/t16-,17-,18+,19?/m1/s1. The number of hydrogen-bond donors (Lipinski definition) is 2. The van der Waals surface area contributed by atoms with Gasteiger partial charge in [-0.2, -0.15) is 0 Å². The highest BCUT2D eigenvalue weighted by Crippen LogP contribution is 2.39. The van der Waals surface area contributed by atoms with Gasteiger partial charge in [0.05, 0.1) is 19.3 Å². The number of ether oxygens (including phenoxy) is 2. The molecule has 1 unspecified atom stereocenters. The van der Waals surface area contributed by atoms with Crippen molar-refractivity contribution < 1.29 is 28.5 Å². The molecule has 0 aromatic heterocycles. The van der Waals surface area contributed by atoms with Crippen LogP contribution in [0.5, 0.6) is 0 Å². The Labute approximate surface area is 161 Å². The van der Waals surface area contributed by atoms with Gasteiger partial charge in [0.15, 0.2) is 6.29 Å². The number of hydrogen-bond acceptors (Lipinski definition) is 4. The molecule has 158 valence electrons. The monoisotopic (exact) mass is 390 g/mol. The van der Waals surface area contributed by atoms with E-state index in [0.29, 0.717) is 32.1 Å². The molecule has 2 fully saturated rings. The molecule has 1 heterocycles. The van der Waals surface area contributed by atoms with Crippen LogP contribution in [0.4, 0.5) is 8.78 Å². The molecule has 2 N–H and O–H groups in total. The Morgan fingerprint density at radius 3 is 2.56 bits per heavy atom. The van der Waals surface area contributed by atoms with Gasteiger partial charge in [0.1, 0.15) is 6.10 Å². The molecule has 1 aliphatic heterocycles. The van der Waals surface area contributed by atoms with Gasteiger partial charge in [-0.15, -0.1) is 0 Å². The summed E-state index contributed by atoms with van der Waals surface area (Å²) in [7, 11) is 0. The average Bonchev–Trinajstić information content (AvgIpc) is 3.02. The second-order valence-corrected chi connectivity index (χ2v) is 7.99. The van der Waals surface area contributed by atoms with Crippen LogP contribution in [0.2, 0.25) is 0 Å². The van der Waals surface area contributed by atoms with Crippen LogP contribution >= 0.6 is 0 Å². The lowest BCUT2D eigenvalue weighted by Gasteiger charge is -2.26. The molecule has 2 rings (SSSR count). The lowest BCUT2D eigenvalue weighted by atomic mass is 9.86. The number of unbranched alkanes of at least 4 members (excludes halogenated alkanes) is 1. The molecule has 2 aliphatic rings. The van der Waals surface area contributed by atoms with E-state index in [9.17, 15) is 19.0 Å². The summed E-state index contributed by atoms with van der Waals surface area (Å²) < 4.78 is 38.9. The fourth-order valence-corrected chi connectivity index (χ4v) is 4.13. The van der Waals surface area contributed by atoms with Crippen LogP contribution in [0, 0.1) is 11.8 Å². The maximum absolute atomic E-state index is 13.9. The first-order valence-corrected chi connectivity index (χ1v) is 10.6. The zero-order chi connectivity index (χ0) is 19.7. The molecular formula is C21H36F2O4. The van der Waals surface area contributed by atoms with Gasteiger partial charge < -0.3 is 19.7 Å². The Hall–Kier alpha value is -0.560. The SMILES string of the molecule is CCCCC(F)(F)C(O)CC[C@H]1CC[C@H](O)[C@@H]1CC=CCC1OCCCO1. The van der Waals surface area contributed by atoms with E-state index in [1.807, 2.05) is 19.1 Å². The summed E-state index contributed by atoms with van der Waals surface area (Å²) in [5, 5.41) is 20.2. The third kappa shape index (κ3) is 7.41. The van der Waals surface area contributed by atoms with Crippen molar-refractivity contribution >= 4 is 0 Å². The highest BCUT2D eigenvalue weighted by molar-refractivity contribution is 4.93. The summed E-state index contributed by atoms with van der Waals surface area (Å²) in [6.07, 6.45) is 7.29. The first-order chi connectivity index (χ1) is 12.9. The van der Waals surface area contributed by atoms with Crippen LogP contribution in [0.25, 0.3) is 0 Å². The quantitative estimate of drug-likeness (QED) is 0.512. The maximum Gasteiger partial charge on any atom is 0.273 e. The molecule has 0 aromatic carbocycles. The molecule has 0 aromatic rings. The van der Waals surface area contributed by atoms with Crippen LogP contribution < -0.4 is 0 Å². The molecule has 4 atom stereocenters. The summed E-state index contributed by atoms with van der Waals surface area (Å²) in [5.41, 5.74) is 0.